The fourth-order valence-corrected chi connectivity index (χ4v) is 3.04. The van der Waals surface area contributed by atoms with Crippen molar-refractivity contribution < 1.29 is 14.7 Å². The van der Waals surface area contributed by atoms with E-state index in [1.807, 2.05) is 6.07 Å². The number of aliphatic carboxylic acids is 1. The van der Waals surface area contributed by atoms with Gasteiger partial charge in [-0.2, -0.15) is 0 Å². The molecule has 1 saturated heterocycles. The van der Waals surface area contributed by atoms with E-state index >= 15 is 0 Å². The first kappa shape index (κ1) is 15.8. The van der Waals surface area contributed by atoms with Crippen LogP contribution in [0.1, 0.15) is 48.5 Å². The Balaban J connectivity index is 2.07. The van der Waals surface area contributed by atoms with E-state index in [2.05, 4.69) is 13.8 Å². The second-order valence-corrected chi connectivity index (χ2v) is 6.20. The van der Waals surface area contributed by atoms with Gasteiger partial charge in [0, 0.05) is 23.7 Å². The zero-order chi connectivity index (χ0) is 15.6. The van der Waals surface area contributed by atoms with Crippen LogP contribution in [0.5, 0.6) is 0 Å². The molecule has 0 radical (unpaired) electrons. The molecule has 0 aliphatic carbocycles. The lowest BCUT2D eigenvalue weighted by Crippen LogP contribution is -2.40. The van der Waals surface area contributed by atoms with E-state index < -0.39 is 5.97 Å². The van der Waals surface area contributed by atoms with Crippen molar-refractivity contribution in [3.8, 4) is 0 Å². The van der Waals surface area contributed by atoms with E-state index in [-0.39, 0.29) is 11.8 Å². The van der Waals surface area contributed by atoms with E-state index in [1.54, 1.807) is 17.0 Å². The summed E-state index contributed by atoms with van der Waals surface area (Å²) in [5.74, 6) is -0.864. The van der Waals surface area contributed by atoms with Crippen LogP contribution in [0.15, 0.2) is 18.2 Å². The average molecular weight is 310 g/mol. The third-order valence-corrected chi connectivity index (χ3v) is 4.33. The number of nitrogens with zero attached hydrogens (tertiary/aromatic N) is 1. The van der Waals surface area contributed by atoms with Gasteiger partial charge >= 0.3 is 5.97 Å². The number of carboxylic acid groups (broad SMARTS) is 1. The molecule has 2 rings (SSSR count). The molecule has 1 aromatic rings. The maximum absolute atomic E-state index is 12.4. The zero-order valence-corrected chi connectivity index (χ0v) is 13.1. The van der Waals surface area contributed by atoms with E-state index in [1.165, 1.54) is 0 Å². The Morgan fingerprint density at radius 3 is 2.38 bits per heavy atom. The molecule has 0 spiro atoms. The minimum atomic E-state index is -0.772. The number of rotatable bonds is 3. The van der Waals surface area contributed by atoms with Gasteiger partial charge in [0.2, 0.25) is 0 Å². The molecule has 114 valence electrons. The van der Waals surface area contributed by atoms with Crippen LogP contribution in [0.25, 0.3) is 0 Å². The maximum Gasteiger partial charge on any atom is 0.306 e. The first-order chi connectivity index (χ1) is 9.90. The summed E-state index contributed by atoms with van der Waals surface area (Å²) in [6.45, 7) is 5.08. The summed E-state index contributed by atoms with van der Waals surface area (Å²) in [4.78, 5) is 25.1. The van der Waals surface area contributed by atoms with Crippen molar-refractivity contribution in [3.05, 3.63) is 34.3 Å². The summed E-state index contributed by atoms with van der Waals surface area (Å²) >= 11 is 6.22. The topological polar surface area (TPSA) is 57.6 Å². The first-order valence-electron chi connectivity index (χ1n) is 7.21. The fraction of sp³-hybridized carbons (Fsp3) is 0.500. The van der Waals surface area contributed by atoms with Crippen LogP contribution in [0.3, 0.4) is 0 Å². The monoisotopic (exact) mass is 309 g/mol. The number of benzene rings is 1. The van der Waals surface area contributed by atoms with Gasteiger partial charge in [-0.05, 0) is 36.5 Å². The van der Waals surface area contributed by atoms with Gasteiger partial charge in [0.15, 0.2) is 0 Å². The molecule has 1 aliphatic rings. The van der Waals surface area contributed by atoms with Gasteiger partial charge < -0.3 is 10.0 Å². The van der Waals surface area contributed by atoms with Crippen LogP contribution in [0.2, 0.25) is 5.02 Å². The Bertz CT molecular complexity index is 548. The Morgan fingerprint density at radius 1 is 1.29 bits per heavy atom. The van der Waals surface area contributed by atoms with Gasteiger partial charge in [0.25, 0.3) is 5.91 Å². The third-order valence-electron chi connectivity index (χ3n) is 4.00. The average Bonchev–Trinajstić information content (AvgIpc) is 2.46. The van der Waals surface area contributed by atoms with Gasteiger partial charge in [-0.25, -0.2) is 0 Å². The minimum absolute atomic E-state index is 0.0731. The van der Waals surface area contributed by atoms with Crippen LogP contribution in [0.4, 0.5) is 0 Å². The summed E-state index contributed by atoms with van der Waals surface area (Å²) < 4.78 is 0. The van der Waals surface area contributed by atoms with Crippen LogP contribution in [0, 0.1) is 5.92 Å². The Labute approximate surface area is 129 Å². The maximum atomic E-state index is 12.4. The van der Waals surface area contributed by atoms with Crippen LogP contribution >= 0.6 is 11.6 Å². The van der Waals surface area contributed by atoms with Crippen molar-refractivity contribution in [2.75, 3.05) is 13.1 Å². The van der Waals surface area contributed by atoms with Crippen LogP contribution < -0.4 is 0 Å². The summed E-state index contributed by atoms with van der Waals surface area (Å²) in [5.41, 5.74) is 1.59. The van der Waals surface area contributed by atoms with Crippen molar-refractivity contribution in [1.29, 1.82) is 0 Å². The van der Waals surface area contributed by atoms with Gasteiger partial charge in [0.05, 0.1) is 5.92 Å². The molecule has 1 aliphatic heterocycles. The number of amides is 1. The Hall–Kier alpha value is -1.55. The van der Waals surface area contributed by atoms with Crippen molar-refractivity contribution in [3.63, 3.8) is 0 Å². The standard InChI is InChI=1S/C16H20ClNO3/c1-10(2)13-4-3-12(9-14(13)17)15(19)18-7-5-11(6-8-18)16(20)21/h3-4,9-11H,5-8H2,1-2H3,(H,20,21). The number of hydrogen-bond donors (Lipinski definition) is 1. The lowest BCUT2D eigenvalue weighted by atomic mass is 9.96. The molecular weight excluding hydrogens is 290 g/mol. The van der Waals surface area contributed by atoms with Gasteiger partial charge in [-0.15, -0.1) is 0 Å². The highest BCUT2D eigenvalue weighted by atomic mass is 35.5. The summed E-state index contributed by atoms with van der Waals surface area (Å²) in [6, 6.07) is 5.40. The number of carbonyl (C=O) groups excluding carboxylic acids is 1. The lowest BCUT2D eigenvalue weighted by Gasteiger charge is -2.30. The molecule has 1 heterocycles. The predicted octanol–water partition coefficient (Wildman–Crippen LogP) is 3.40. The molecule has 1 amide bonds. The molecule has 0 bridgehead atoms. The number of hydrogen-bond acceptors (Lipinski definition) is 2. The van der Waals surface area contributed by atoms with E-state index in [9.17, 15) is 9.59 Å². The van der Waals surface area contributed by atoms with Gasteiger partial charge in [-0.3, -0.25) is 9.59 Å². The molecule has 0 aromatic heterocycles. The van der Waals surface area contributed by atoms with Gasteiger partial charge in [-0.1, -0.05) is 31.5 Å². The van der Waals surface area contributed by atoms with Crippen molar-refractivity contribution in [2.24, 2.45) is 5.92 Å². The third kappa shape index (κ3) is 3.56. The molecule has 1 N–H and O–H groups in total. The van der Waals surface area contributed by atoms with Crippen LogP contribution in [-0.4, -0.2) is 35.0 Å². The molecule has 4 nitrogen and oxygen atoms in total. The number of carbonyl (C=O) groups is 2. The summed E-state index contributed by atoms with van der Waals surface area (Å²) in [7, 11) is 0. The van der Waals surface area contributed by atoms with Crippen molar-refractivity contribution in [1.82, 2.24) is 4.90 Å². The second kappa shape index (κ2) is 6.48. The first-order valence-corrected chi connectivity index (χ1v) is 7.59. The zero-order valence-electron chi connectivity index (χ0n) is 12.3. The highest BCUT2D eigenvalue weighted by Gasteiger charge is 2.27. The highest BCUT2D eigenvalue weighted by molar-refractivity contribution is 6.31. The molecule has 5 heteroatoms. The molecule has 21 heavy (non-hydrogen) atoms. The van der Waals surface area contributed by atoms with Crippen molar-refractivity contribution >= 4 is 23.5 Å². The fourth-order valence-electron chi connectivity index (χ4n) is 2.64. The van der Waals surface area contributed by atoms with Crippen molar-refractivity contribution in [2.45, 2.75) is 32.6 Å². The molecular formula is C16H20ClNO3. The largest absolute Gasteiger partial charge is 0.481 e. The number of likely N-dealkylation sites (tertiary alicyclic amines) is 1. The molecule has 0 atom stereocenters. The predicted molar refractivity (Wildman–Crippen MR) is 81.8 cm³/mol. The van der Waals surface area contributed by atoms with E-state index in [4.69, 9.17) is 16.7 Å². The molecule has 1 aromatic carbocycles. The number of piperidine rings is 1. The quantitative estimate of drug-likeness (QED) is 0.931. The highest BCUT2D eigenvalue weighted by Crippen LogP contribution is 2.26. The SMILES string of the molecule is CC(C)c1ccc(C(=O)N2CCC(C(=O)O)CC2)cc1Cl. The molecule has 1 fully saturated rings. The van der Waals surface area contributed by atoms with Crippen LogP contribution in [-0.2, 0) is 4.79 Å². The summed E-state index contributed by atoms with van der Waals surface area (Å²) in [6.07, 6.45) is 1.03. The molecule has 0 unspecified atom stereocenters. The Morgan fingerprint density at radius 2 is 1.90 bits per heavy atom. The summed E-state index contributed by atoms with van der Waals surface area (Å²) in [5, 5.41) is 9.59. The number of halogens is 1. The normalized spacial score (nSPS) is 16.3. The smallest absolute Gasteiger partial charge is 0.306 e. The number of carboxylic acids is 1. The van der Waals surface area contributed by atoms with E-state index in [0.717, 1.165) is 5.56 Å². The second-order valence-electron chi connectivity index (χ2n) is 5.80. The van der Waals surface area contributed by atoms with E-state index in [0.29, 0.717) is 42.4 Å². The minimum Gasteiger partial charge on any atom is -0.481 e. The van der Waals surface area contributed by atoms with Gasteiger partial charge in [0.1, 0.15) is 0 Å². The lowest BCUT2D eigenvalue weighted by molar-refractivity contribution is -0.143. The Kier molecular flexibility index (Phi) is 4.88. The molecule has 0 saturated carbocycles.